The van der Waals surface area contributed by atoms with E-state index < -0.39 is 11.7 Å². The van der Waals surface area contributed by atoms with Gasteiger partial charge >= 0.3 is 0 Å². The molecule has 0 unspecified atom stereocenters. The Morgan fingerprint density at radius 3 is 3.00 bits per heavy atom. The molecule has 0 aliphatic carbocycles. The zero-order valence-electron chi connectivity index (χ0n) is 9.28. The van der Waals surface area contributed by atoms with E-state index in [1.807, 2.05) is 0 Å². The molecule has 7 heteroatoms. The molecule has 18 heavy (non-hydrogen) atoms. The van der Waals surface area contributed by atoms with Crippen LogP contribution in [-0.2, 0) is 6.42 Å². The molecule has 0 aliphatic heterocycles. The van der Waals surface area contributed by atoms with Crippen LogP contribution in [0.3, 0.4) is 0 Å². The molecule has 0 atom stereocenters. The average Bonchev–Trinajstić information content (AvgIpc) is 2.81. The maximum absolute atomic E-state index is 13.4. The zero-order chi connectivity index (χ0) is 13.0. The first-order valence-electron chi connectivity index (χ1n) is 5.24. The highest BCUT2D eigenvalue weighted by molar-refractivity contribution is 6.30. The molecule has 1 amide bonds. The zero-order valence-corrected chi connectivity index (χ0v) is 10.0. The second-order valence-corrected chi connectivity index (χ2v) is 4.00. The molecule has 0 saturated carbocycles. The van der Waals surface area contributed by atoms with Crippen LogP contribution in [0.1, 0.15) is 16.2 Å². The summed E-state index contributed by atoms with van der Waals surface area (Å²) in [4.78, 5) is 15.6. The van der Waals surface area contributed by atoms with Crippen molar-refractivity contribution in [3.8, 4) is 0 Å². The van der Waals surface area contributed by atoms with Gasteiger partial charge in [-0.1, -0.05) is 11.6 Å². The van der Waals surface area contributed by atoms with Gasteiger partial charge in [-0.05, 0) is 18.2 Å². The highest BCUT2D eigenvalue weighted by atomic mass is 35.5. The number of carbonyl (C=O) groups is 1. The molecule has 94 valence electrons. The van der Waals surface area contributed by atoms with E-state index in [1.165, 1.54) is 18.5 Å². The SMILES string of the molecule is O=C(NCCc1ncn[nH]1)c1ccc(Cl)cc1F. The molecule has 0 fully saturated rings. The molecule has 0 saturated heterocycles. The number of amides is 1. The summed E-state index contributed by atoms with van der Waals surface area (Å²) >= 11 is 5.60. The van der Waals surface area contributed by atoms with Gasteiger partial charge in [-0.2, -0.15) is 5.10 Å². The van der Waals surface area contributed by atoms with Gasteiger partial charge < -0.3 is 5.32 Å². The standard InChI is InChI=1S/C11H10ClFN4O/c12-7-1-2-8(9(13)5-7)11(18)14-4-3-10-15-6-16-17-10/h1-2,5-6H,3-4H2,(H,14,18)(H,15,16,17). The Kier molecular flexibility index (Phi) is 3.88. The third kappa shape index (κ3) is 3.04. The minimum Gasteiger partial charge on any atom is -0.351 e. The number of hydrogen-bond donors (Lipinski definition) is 2. The third-order valence-corrected chi connectivity index (χ3v) is 2.52. The number of nitrogens with zero attached hydrogens (tertiary/aromatic N) is 2. The van der Waals surface area contributed by atoms with Gasteiger partial charge in [0, 0.05) is 18.0 Å². The van der Waals surface area contributed by atoms with Crippen molar-refractivity contribution in [1.29, 1.82) is 0 Å². The maximum atomic E-state index is 13.4. The van der Waals surface area contributed by atoms with Gasteiger partial charge in [-0.25, -0.2) is 9.37 Å². The van der Waals surface area contributed by atoms with E-state index in [1.54, 1.807) is 0 Å². The molecule has 2 rings (SSSR count). The topological polar surface area (TPSA) is 70.7 Å². The van der Waals surface area contributed by atoms with Crippen LogP contribution in [-0.4, -0.2) is 27.6 Å². The molecule has 0 radical (unpaired) electrons. The van der Waals surface area contributed by atoms with Crippen LogP contribution in [0.5, 0.6) is 0 Å². The highest BCUT2D eigenvalue weighted by Gasteiger charge is 2.11. The quantitative estimate of drug-likeness (QED) is 0.884. The van der Waals surface area contributed by atoms with Gasteiger partial charge in [0.15, 0.2) is 0 Å². The van der Waals surface area contributed by atoms with Gasteiger partial charge in [-0.3, -0.25) is 9.89 Å². The first-order valence-corrected chi connectivity index (χ1v) is 5.62. The van der Waals surface area contributed by atoms with Crippen LogP contribution in [0.2, 0.25) is 5.02 Å². The van der Waals surface area contributed by atoms with E-state index in [0.29, 0.717) is 18.8 Å². The number of aromatic amines is 1. The smallest absolute Gasteiger partial charge is 0.254 e. The van der Waals surface area contributed by atoms with Crippen molar-refractivity contribution in [2.24, 2.45) is 0 Å². The predicted octanol–water partition coefficient (Wildman–Crippen LogP) is 1.57. The Morgan fingerprint density at radius 1 is 1.50 bits per heavy atom. The molecule has 1 aromatic heterocycles. The molecule has 0 bridgehead atoms. The van der Waals surface area contributed by atoms with E-state index in [2.05, 4.69) is 20.5 Å². The molecule has 1 aromatic carbocycles. The Labute approximate surface area is 107 Å². The Morgan fingerprint density at radius 2 is 2.33 bits per heavy atom. The van der Waals surface area contributed by atoms with Crippen molar-refractivity contribution in [2.45, 2.75) is 6.42 Å². The Bertz CT molecular complexity index is 544. The Balaban J connectivity index is 1.91. The summed E-state index contributed by atoms with van der Waals surface area (Å²) in [6.45, 7) is 0.343. The van der Waals surface area contributed by atoms with E-state index in [4.69, 9.17) is 11.6 Å². The summed E-state index contributed by atoms with van der Waals surface area (Å²) < 4.78 is 13.4. The number of nitrogens with one attached hydrogen (secondary N) is 2. The summed E-state index contributed by atoms with van der Waals surface area (Å²) in [6, 6.07) is 3.92. The van der Waals surface area contributed by atoms with Gasteiger partial charge in [0.2, 0.25) is 0 Å². The molecule has 2 N–H and O–H groups in total. The van der Waals surface area contributed by atoms with Crippen LogP contribution < -0.4 is 5.32 Å². The predicted molar refractivity (Wildman–Crippen MR) is 63.8 cm³/mol. The number of benzene rings is 1. The maximum Gasteiger partial charge on any atom is 0.254 e. The lowest BCUT2D eigenvalue weighted by Crippen LogP contribution is -2.26. The fraction of sp³-hybridized carbons (Fsp3) is 0.182. The molecule has 5 nitrogen and oxygen atoms in total. The van der Waals surface area contributed by atoms with Crippen molar-refractivity contribution in [2.75, 3.05) is 6.54 Å². The molecule has 1 heterocycles. The molecule has 0 aliphatic rings. The van der Waals surface area contributed by atoms with Gasteiger partial charge in [0.25, 0.3) is 5.91 Å². The van der Waals surface area contributed by atoms with Gasteiger partial charge in [0.1, 0.15) is 18.0 Å². The van der Waals surface area contributed by atoms with E-state index >= 15 is 0 Å². The number of carbonyl (C=O) groups excluding carboxylic acids is 1. The molecular weight excluding hydrogens is 259 g/mol. The molecule has 2 aromatic rings. The summed E-state index contributed by atoms with van der Waals surface area (Å²) in [5, 5.41) is 9.19. The fourth-order valence-electron chi connectivity index (χ4n) is 1.41. The van der Waals surface area contributed by atoms with Crippen molar-refractivity contribution < 1.29 is 9.18 Å². The third-order valence-electron chi connectivity index (χ3n) is 2.29. The lowest BCUT2D eigenvalue weighted by molar-refractivity contribution is 0.0950. The first-order chi connectivity index (χ1) is 8.66. The van der Waals surface area contributed by atoms with Crippen molar-refractivity contribution in [3.63, 3.8) is 0 Å². The largest absolute Gasteiger partial charge is 0.351 e. The number of halogens is 2. The summed E-state index contributed by atoms with van der Waals surface area (Å²) in [5.74, 6) is -0.463. The second kappa shape index (κ2) is 5.59. The van der Waals surface area contributed by atoms with Gasteiger partial charge in [0.05, 0.1) is 5.56 Å². The van der Waals surface area contributed by atoms with Crippen LogP contribution >= 0.6 is 11.6 Å². The van der Waals surface area contributed by atoms with Crippen molar-refractivity contribution >= 4 is 17.5 Å². The summed E-state index contributed by atoms with van der Waals surface area (Å²) in [7, 11) is 0. The lowest BCUT2D eigenvalue weighted by Gasteiger charge is -2.05. The Hall–Kier alpha value is -1.95. The number of hydrogen-bond acceptors (Lipinski definition) is 3. The second-order valence-electron chi connectivity index (χ2n) is 3.56. The van der Waals surface area contributed by atoms with Crippen LogP contribution in [0.4, 0.5) is 4.39 Å². The van der Waals surface area contributed by atoms with Crippen LogP contribution in [0.15, 0.2) is 24.5 Å². The normalized spacial score (nSPS) is 10.3. The lowest BCUT2D eigenvalue weighted by atomic mass is 10.2. The van der Waals surface area contributed by atoms with E-state index in [0.717, 1.165) is 6.07 Å². The van der Waals surface area contributed by atoms with Crippen molar-refractivity contribution in [1.82, 2.24) is 20.5 Å². The van der Waals surface area contributed by atoms with Gasteiger partial charge in [-0.15, -0.1) is 0 Å². The van der Waals surface area contributed by atoms with Crippen LogP contribution in [0.25, 0.3) is 0 Å². The minimum atomic E-state index is -0.639. The molecule has 0 spiro atoms. The first kappa shape index (κ1) is 12.5. The number of aromatic nitrogens is 3. The monoisotopic (exact) mass is 268 g/mol. The van der Waals surface area contributed by atoms with Crippen LogP contribution in [0, 0.1) is 5.82 Å². The fourth-order valence-corrected chi connectivity index (χ4v) is 1.57. The molecular formula is C11H10ClFN4O. The highest BCUT2D eigenvalue weighted by Crippen LogP contribution is 2.14. The summed E-state index contributed by atoms with van der Waals surface area (Å²) in [5.41, 5.74) is -0.0306. The van der Waals surface area contributed by atoms with Crippen molar-refractivity contribution in [3.05, 3.63) is 46.8 Å². The van der Waals surface area contributed by atoms with E-state index in [-0.39, 0.29) is 10.6 Å². The number of H-pyrrole nitrogens is 1. The summed E-state index contributed by atoms with van der Waals surface area (Å²) in [6.07, 6.45) is 1.89. The average molecular weight is 269 g/mol. The minimum absolute atomic E-state index is 0.0306. The van der Waals surface area contributed by atoms with E-state index in [9.17, 15) is 9.18 Å². The number of rotatable bonds is 4.